The SMILES string of the molecule is CC(=O)N(CCNC(=O)c1cccc(Cl)c1)C1CCS(=O)(=O)C1. The lowest BCUT2D eigenvalue weighted by Crippen LogP contribution is -2.44. The number of sulfone groups is 1. The third-order valence-corrected chi connectivity index (χ3v) is 5.76. The summed E-state index contributed by atoms with van der Waals surface area (Å²) >= 11 is 5.84. The molecule has 1 aliphatic heterocycles. The monoisotopic (exact) mass is 358 g/mol. The van der Waals surface area contributed by atoms with E-state index in [1.165, 1.54) is 11.8 Å². The quantitative estimate of drug-likeness (QED) is 0.854. The van der Waals surface area contributed by atoms with E-state index in [4.69, 9.17) is 11.6 Å². The number of hydrogen-bond acceptors (Lipinski definition) is 4. The summed E-state index contributed by atoms with van der Waals surface area (Å²) in [6, 6.07) is 6.26. The molecule has 1 heterocycles. The number of rotatable bonds is 5. The van der Waals surface area contributed by atoms with Crippen LogP contribution in [0.3, 0.4) is 0 Å². The lowest BCUT2D eigenvalue weighted by atomic mass is 10.2. The molecule has 1 aromatic rings. The van der Waals surface area contributed by atoms with E-state index in [9.17, 15) is 18.0 Å². The Labute approximate surface area is 140 Å². The first kappa shape index (κ1) is 17.7. The van der Waals surface area contributed by atoms with Gasteiger partial charge in [0.2, 0.25) is 5.91 Å². The maximum Gasteiger partial charge on any atom is 0.251 e. The van der Waals surface area contributed by atoms with Crippen molar-refractivity contribution in [1.82, 2.24) is 10.2 Å². The molecule has 2 amide bonds. The summed E-state index contributed by atoms with van der Waals surface area (Å²) in [7, 11) is -3.06. The van der Waals surface area contributed by atoms with Crippen LogP contribution in [-0.2, 0) is 14.6 Å². The van der Waals surface area contributed by atoms with Gasteiger partial charge < -0.3 is 10.2 Å². The van der Waals surface area contributed by atoms with Gasteiger partial charge in [0, 0.05) is 36.6 Å². The minimum Gasteiger partial charge on any atom is -0.350 e. The van der Waals surface area contributed by atoms with Crippen LogP contribution in [-0.4, -0.2) is 55.8 Å². The highest BCUT2D eigenvalue weighted by molar-refractivity contribution is 7.91. The Morgan fingerprint density at radius 3 is 2.70 bits per heavy atom. The van der Waals surface area contributed by atoms with E-state index in [2.05, 4.69) is 5.32 Å². The molecule has 1 saturated heterocycles. The summed E-state index contributed by atoms with van der Waals surface area (Å²) in [6.07, 6.45) is 0.449. The molecule has 1 aromatic carbocycles. The van der Waals surface area contributed by atoms with Crippen LogP contribution in [0, 0.1) is 0 Å². The van der Waals surface area contributed by atoms with Crippen LogP contribution in [0.25, 0.3) is 0 Å². The molecular weight excluding hydrogens is 340 g/mol. The van der Waals surface area contributed by atoms with E-state index >= 15 is 0 Å². The standard InChI is InChI=1S/C15H19ClN2O4S/c1-11(19)18(14-5-8-23(21,22)10-14)7-6-17-15(20)12-3-2-4-13(16)9-12/h2-4,9,14H,5-8,10H2,1H3,(H,17,20). The first-order valence-corrected chi connectivity index (χ1v) is 9.50. The maximum absolute atomic E-state index is 12.0. The van der Waals surface area contributed by atoms with Crippen LogP contribution < -0.4 is 5.32 Å². The fourth-order valence-electron chi connectivity index (χ4n) is 2.64. The van der Waals surface area contributed by atoms with Gasteiger partial charge in [0.05, 0.1) is 11.5 Å². The molecule has 0 bridgehead atoms. The fraction of sp³-hybridized carbons (Fsp3) is 0.467. The summed E-state index contributed by atoms with van der Waals surface area (Å²) in [5, 5.41) is 3.19. The zero-order valence-electron chi connectivity index (χ0n) is 12.8. The lowest BCUT2D eigenvalue weighted by Gasteiger charge is -2.27. The number of nitrogens with zero attached hydrogens (tertiary/aromatic N) is 1. The number of benzene rings is 1. The van der Waals surface area contributed by atoms with E-state index < -0.39 is 9.84 Å². The van der Waals surface area contributed by atoms with Gasteiger partial charge in [0.15, 0.2) is 9.84 Å². The highest BCUT2D eigenvalue weighted by Gasteiger charge is 2.33. The van der Waals surface area contributed by atoms with Gasteiger partial charge in [-0.15, -0.1) is 0 Å². The van der Waals surface area contributed by atoms with Crippen molar-refractivity contribution in [3.05, 3.63) is 34.9 Å². The number of carbonyl (C=O) groups excluding carboxylic acids is 2. The van der Waals surface area contributed by atoms with Gasteiger partial charge in [-0.1, -0.05) is 17.7 Å². The van der Waals surface area contributed by atoms with Crippen LogP contribution in [0.15, 0.2) is 24.3 Å². The van der Waals surface area contributed by atoms with Gasteiger partial charge in [-0.05, 0) is 24.6 Å². The molecule has 1 unspecified atom stereocenters. The molecule has 1 aliphatic rings. The van der Waals surface area contributed by atoms with E-state index in [0.717, 1.165) is 0 Å². The van der Waals surface area contributed by atoms with Crippen LogP contribution in [0.5, 0.6) is 0 Å². The topological polar surface area (TPSA) is 83.6 Å². The predicted octanol–water partition coefficient (Wildman–Crippen LogP) is 1.11. The number of carbonyl (C=O) groups is 2. The fourth-order valence-corrected chi connectivity index (χ4v) is 4.56. The van der Waals surface area contributed by atoms with Crippen LogP contribution in [0.4, 0.5) is 0 Å². The van der Waals surface area contributed by atoms with Gasteiger partial charge in [-0.3, -0.25) is 9.59 Å². The Morgan fingerprint density at radius 1 is 1.39 bits per heavy atom. The van der Waals surface area contributed by atoms with Crippen molar-refractivity contribution in [3.8, 4) is 0 Å². The number of nitrogens with one attached hydrogen (secondary N) is 1. The minimum absolute atomic E-state index is 0.00514. The Hall–Kier alpha value is -1.60. The average molecular weight is 359 g/mol. The summed E-state index contributed by atoms with van der Waals surface area (Å²) < 4.78 is 23.1. The van der Waals surface area contributed by atoms with Crippen molar-refractivity contribution in [3.63, 3.8) is 0 Å². The molecule has 2 rings (SSSR count). The molecule has 1 fully saturated rings. The van der Waals surface area contributed by atoms with E-state index in [1.54, 1.807) is 24.3 Å². The van der Waals surface area contributed by atoms with Crippen molar-refractivity contribution < 1.29 is 18.0 Å². The molecule has 6 nitrogen and oxygen atoms in total. The largest absolute Gasteiger partial charge is 0.350 e. The molecule has 126 valence electrons. The van der Waals surface area contributed by atoms with Crippen molar-refractivity contribution in [2.45, 2.75) is 19.4 Å². The van der Waals surface area contributed by atoms with Crippen LogP contribution in [0.1, 0.15) is 23.7 Å². The average Bonchev–Trinajstić information content (AvgIpc) is 2.82. The van der Waals surface area contributed by atoms with Crippen molar-refractivity contribution in [2.24, 2.45) is 0 Å². The van der Waals surface area contributed by atoms with E-state index in [-0.39, 0.29) is 42.5 Å². The molecular formula is C15H19ClN2O4S. The van der Waals surface area contributed by atoms with Gasteiger partial charge >= 0.3 is 0 Å². The van der Waals surface area contributed by atoms with Gasteiger partial charge in [0.1, 0.15) is 0 Å². The molecule has 0 aromatic heterocycles. The smallest absolute Gasteiger partial charge is 0.251 e. The Morgan fingerprint density at radius 2 is 2.13 bits per heavy atom. The summed E-state index contributed by atoms with van der Waals surface area (Å²) in [6.45, 7) is 1.94. The van der Waals surface area contributed by atoms with E-state index in [0.29, 0.717) is 17.0 Å². The van der Waals surface area contributed by atoms with Gasteiger partial charge in [-0.2, -0.15) is 0 Å². The van der Waals surface area contributed by atoms with Crippen LogP contribution >= 0.6 is 11.6 Å². The number of halogens is 1. The molecule has 0 saturated carbocycles. The summed E-state index contributed by atoms with van der Waals surface area (Å²) in [5.74, 6) is -0.371. The molecule has 0 radical (unpaired) electrons. The molecule has 23 heavy (non-hydrogen) atoms. The normalized spacial score (nSPS) is 19.3. The highest BCUT2D eigenvalue weighted by Crippen LogP contribution is 2.17. The second-order valence-corrected chi connectivity index (χ2v) is 8.20. The van der Waals surface area contributed by atoms with Crippen LogP contribution in [0.2, 0.25) is 5.02 Å². The second-order valence-electron chi connectivity index (χ2n) is 5.54. The Bertz CT molecular complexity index is 705. The van der Waals surface area contributed by atoms with Crippen molar-refractivity contribution >= 4 is 33.3 Å². The van der Waals surface area contributed by atoms with Crippen molar-refractivity contribution in [1.29, 1.82) is 0 Å². The number of hydrogen-bond donors (Lipinski definition) is 1. The molecule has 1 N–H and O–H groups in total. The summed E-state index contributed by atoms with van der Waals surface area (Å²) in [5.41, 5.74) is 0.440. The first-order chi connectivity index (χ1) is 10.8. The Balaban J connectivity index is 1.90. The molecule has 1 atom stereocenters. The molecule has 8 heteroatoms. The summed E-state index contributed by atoms with van der Waals surface area (Å²) in [4.78, 5) is 25.3. The zero-order chi connectivity index (χ0) is 17.0. The maximum atomic E-state index is 12.0. The van der Waals surface area contributed by atoms with E-state index in [1.807, 2.05) is 0 Å². The van der Waals surface area contributed by atoms with Gasteiger partial charge in [-0.25, -0.2) is 8.42 Å². The molecule has 0 spiro atoms. The highest BCUT2D eigenvalue weighted by atomic mass is 35.5. The van der Waals surface area contributed by atoms with Crippen molar-refractivity contribution in [2.75, 3.05) is 24.6 Å². The third kappa shape index (κ3) is 4.94. The van der Waals surface area contributed by atoms with Gasteiger partial charge in [0.25, 0.3) is 5.91 Å². The zero-order valence-corrected chi connectivity index (χ0v) is 14.4. The second kappa shape index (κ2) is 7.31. The third-order valence-electron chi connectivity index (χ3n) is 3.78. The Kier molecular flexibility index (Phi) is 5.64. The number of amides is 2. The lowest BCUT2D eigenvalue weighted by molar-refractivity contribution is -0.130. The first-order valence-electron chi connectivity index (χ1n) is 7.30. The molecule has 0 aliphatic carbocycles. The minimum atomic E-state index is -3.06. The predicted molar refractivity (Wildman–Crippen MR) is 88.2 cm³/mol.